The number of nitrogens with zero attached hydrogens (tertiary/aromatic N) is 1. The molecule has 0 saturated heterocycles. The number of halogens is 2. The molecule has 2 N–H and O–H groups in total. The second-order valence-corrected chi connectivity index (χ2v) is 4.49. The van der Waals surface area contributed by atoms with Crippen molar-refractivity contribution in [1.29, 1.82) is 0 Å². The van der Waals surface area contributed by atoms with Gasteiger partial charge in [0.1, 0.15) is 5.75 Å². The first-order chi connectivity index (χ1) is 9.13. The van der Waals surface area contributed by atoms with Crippen molar-refractivity contribution in [2.75, 3.05) is 0 Å². The smallest absolute Gasteiger partial charge is 0.181 e. The summed E-state index contributed by atoms with van der Waals surface area (Å²) < 4.78 is 19.8. The molecule has 0 radical (unpaired) electrons. The Morgan fingerprint density at radius 3 is 2.63 bits per heavy atom. The van der Waals surface area contributed by atoms with Crippen molar-refractivity contribution in [3.05, 3.63) is 53.1 Å². The largest absolute Gasteiger partial charge is 0.453 e. The molecule has 0 spiro atoms. The summed E-state index contributed by atoms with van der Waals surface area (Å²) in [6.07, 6.45) is 3.75. The molecule has 0 aliphatic heterocycles. The predicted octanol–water partition coefficient (Wildman–Crippen LogP) is 4.08. The van der Waals surface area contributed by atoms with Crippen LogP contribution in [-0.4, -0.2) is 4.98 Å². The Balaban J connectivity index is 2.39. The van der Waals surface area contributed by atoms with Gasteiger partial charge in [0.05, 0.1) is 5.02 Å². The fourth-order valence-corrected chi connectivity index (χ4v) is 1.86. The highest BCUT2D eigenvalue weighted by molar-refractivity contribution is 6.32. The summed E-state index contributed by atoms with van der Waals surface area (Å²) in [4.78, 5) is 3.86. The van der Waals surface area contributed by atoms with E-state index >= 15 is 0 Å². The van der Waals surface area contributed by atoms with Gasteiger partial charge in [-0.25, -0.2) is 4.39 Å². The van der Waals surface area contributed by atoms with Gasteiger partial charge in [-0.15, -0.1) is 0 Å². The van der Waals surface area contributed by atoms with Crippen LogP contribution in [0.4, 0.5) is 4.39 Å². The second-order valence-electron chi connectivity index (χ2n) is 4.08. The number of hydrogen-bond acceptors (Lipinski definition) is 3. The van der Waals surface area contributed by atoms with Crippen molar-refractivity contribution in [2.24, 2.45) is 5.73 Å². The first-order valence-electron chi connectivity index (χ1n) is 5.94. The van der Waals surface area contributed by atoms with Crippen molar-refractivity contribution in [1.82, 2.24) is 4.98 Å². The van der Waals surface area contributed by atoms with E-state index in [1.54, 1.807) is 36.7 Å². The number of aromatic nitrogens is 1. The molecule has 0 fully saturated rings. The molecule has 1 aromatic carbocycles. The number of hydrogen-bond donors (Lipinski definition) is 1. The summed E-state index contributed by atoms with van der Waals surface area (Å²) in [7, 11) is 0. The Hall–Kier alpha value is -1.65. The van der Waals surface area contributed by atoms with E-state index in [2.05, 4.69) is 4.98 Å². The highest BCUT2D eigenvalue weighted by atomic mass is 35.5. The molecule has 1 aromatic heterocycles. The molecule has 1 atom stereocenters. The normalized spacial score (nSPS) is 12.2. The summed E-state index contributed by atoms with van der Waals surface area (Å²) in [5, 5.41) is 0.210. The summed E-state index contributed by atoms with van der Waals surface area (Å²) >= 11 is 5.98. The van der Waals surface area contributed by atoms with Gasteiger partial charge in [0.2, 0.25) is 0 Å². The zero-order chi connectivity index (χ0) is 13.8. The van der Waals surface area contributed by atoms with Crippen LogP contribution in [0.25, 0.3) is 0 Å². The van der Waals surface area contributed by atoms with Gasteiger partial charge in [-0.1, -0.05) is 24.6 Å². The lowest BCUT2D eigenvalue weighted by Crippen LogP contribution is -2.11. The molecule has 1 heterocycles. The molecule has 100 valence electrons. The fourth-order valence-electron chi connectivity index (χ4n) is 1.67. The van der Waals surface area contributed by atoms with E-state index < -0.39 is 5.82 Å². The molecule has 2 aromatic rings. The van der Waals surface area contributed by atoms with E-state index in [1.165, 1.54) is 0 Å². The minimum Gasteiger partial charge on any atom is -0.453 e. The SMILES string of the molecule is CC[C@@H](N)c1ccc(Cl)c(Oc2ccncc2)c1F. The van der Waals surface area contributed by atoms with E-state index in [0.717, 1.165) is 0 Å². The lowest BCUT2D eigenvalue weighted by Gasteiger charge is -2.15. The Bertz CT molecular complexity index is 563. The molecule has 0 unspecified atom stereocenters. The number of rotatable bonds is 4. The van der Waals surface area contributed by atoms with Crippen LogP contribution in [0.2, 0.25) is 5.02 Å². The molecule has 0 amide bonds. The van der Waals surface area contributed by atoms with E-state index in [1.807, 2.05) is 6.92 Å². The van der Waals surface area contributed by atoms with Gasteiger partial charge in [0.15, 0.2) is 11.6 Å². The molecular weight excluding hydrogens is 267 g/mol. The first kappa shape index (κ1) is 13.8. The van der Waals surface area contributed by atoms with Crippen LogP contribution < -0.4 is 10.5 Å². The number of nitrogens with two attached hydrogens (primary N) is 1. The lowest BCUT2D eigenvalue weighted by molar-refractivity contribution is 0.434. The van der Waals surface area contributed by atoms with E-state index in [0.29, 0.717) is 17.7 Å². The van der Waals surface area contributed by atoms with E-state index in [-0.39, 0.29) is 16.8 Å². The van der Waals surface area contributed by atoms with Gasteiger partial charge >= 0.3 is 0 Å². The van der Waals surface area contributed by atoms with Crippen molar-refractivity contribution in [2.45, 2.75) is 19.4 Å². The van der Waals surface area contributed by atoms with Crippen LogP contribution in [-0.2, 0) is 0 Å². The monoisotopic (exact) mass is 280 g/mol. The van der Waals surface area contributed by atoms with Gasteiger partial charge < -0.3 is 10.5 Å². The van der Waals surface area contributed by atoms with E-state index in [9.17, 15) is 4.39 Å². The molecule has 0 bridgehead atoms. The molecule has 3 nitrogen and oxygen atoms in total. The number of ether oxygens (including phenoxy) is 1. The third-order valence-corrected chi connectivity index (χ3v) is 3.09. The maximum atomic E-state index is 14.4. The van der Waals surface area contributed by atoms with Crippen molar-refractivity contribution in [3.63, 3.8) is 0 Å². The minimum absolute atomic E-state index is 0.00531. The zero-order valence-corrected chi connectivity index (χ0v) is 11.2. The standard InChI is InChI=1S/C14H14ClFN2O/c1-2-12(17)10-3-4-11(15)14(13(10)16)19-9-5-7-18-8-6-9/h3-8,12H,2,17H2,1H3/t12-/m1/s1. The van der Waals surface area contributed by atoms with Gasteiger partial charge in [-0.05, 0) is 24.6 Å². The molecule has 5 heteroatoms. The fraction of sp³-hybridized carbons (Fsp3) is 0.214. The minimum atomic E-state index is -0.515. The molecule has 2 rings (SSSR count). The third kappa shape index (κ3) is 3.03. The Kier molecular flexibility index (Phi) is 4.35. The van der Waals surface area contributed by atoms with Gasteiger partial charge in [-0.3, -0.25) is 4.98 Å². The van der Waals surface area contributed by atoms with Crippen molar-refractivity contribution in [3.8, 4) is 11.5 Å². The molecule has 0 saturated carbocycles. The Labute approximate surface area is 116 Å². The van der Waals surface area contributed by atoms with Crippen LogP contribution in [0.15, 0.2) is 36.7 Å². The van der Waals surface area contributed by atoms with Crippen molar-refractivity contribution < 1.29 is 9.13 Å². The predicted molar refractivity (Wildman–Crippen MR) is 72.9 cm³/mol. The van der Waals surface area contributed by atoms with Crippen LogP contribution in [0, 0.1) is 5.82 Å². The quantitative estimate of drug-likeness (QED) is 0.918. The highest BCUT2D eigenvalue weighted by Crippen LogP contribution is 2.35. The molecule has 0 aliphatic carbocycles. The Morgan fingerprint density at radius 2 is 2.00 bits per heavy atom. The molecular formula is C14H14ClFN2O. The van der Waals surface area contributed by atoms with Crippen LogP contribution in [0.5, 0.6) is 11.5 Å². The first-order valence-corrected chi connectivity index (χ1v) is 6.32. The zero-order valence-electron chi connectivity index (χ0n) is 10.4. The maximum absolute atomic E-state index is 14.4. The third-order valence-electron chi connectivity index (χ3n) is 2.79. The Morgan fingerprint density at radius 1 is 1.32 bits per heavy atom. The molecule has 0 aliphatic rings. The lowest BCUT2D eigenvalue weighted by atomic mass is 10.0. The van der Waals surface area contributed by atoms with E-state index in [4.69, 9.17) is 22.1 Å². The summed E-state index contributed by atoms with van der Waals surface area (Å²) in [6, 6.07) is 6.05. The maximum Gasteiger partial charge on any atom is 0.181 e. The van der Waals surface area contributed by atoms with Gasteiger partial charge in [0, 0.05) is 24.0 Å². The topological polar surface area (TPSA) is 48.1 Å². The average Bonchev–Trinajstić information content (AvgIpc) is 2.44. The van der Waals surface area contributed by atoms with Crippen LogP contribution in [0.1, 0.15) is 24.9 Å². The number of pyridine rings is 1. The van der Waals surface area contributed by atoms with Crippen LogP contribution in [0.3, 0.4) is 0 Å². The van der Waals surface area contributed by atoms with Gasteiger partial charge in [-0.2, -0.15) is 0 Å². The van der Waals surface area contributed by atoms with Crippen molar-refractivity contribution >= 4 is 11.6 Å². The van der Waals surface area contributed by atoms with Crippen LogP contribution >= 0.6 is 11.6 Å². The average molecular weight is 281 g/mol. The highest BCUT2D eigenvalue weighted by Gasteiger charge is 2.18. The number of benzene rings is 1. The summed E-state index contributed by atoms with van der Waals surface area (Å²) in [5.74, 6) is -0.0500. The van der Waals surface area contributed by atoms with Gasteiger partial charge in [0.25, 0.3) is 0 Å². The second kappa shape index (κ2) is 5.99. The summed E-state index contributed by atoms with van der Waals surface area (Å²) in [5.41, 5.74) is 6.26. The molecule has 19 heavy (non-hydrogen) atoms. The summed E-state index contributed by atoms with van der Waals surface area (Å²) in [6.45, 7) is 1.89.